The predicted octanol–water partition coefficient (Wildman–Crippen LogP) is 2.19. The largest absolute Gasteiger partial charge is 0.378 e. The highest BCUT2D eigenvalue weighted by Gasteiger charge is 2.29. The van der Waals surface area contributed by atoms with Crippen molar-refractivity contribution in [1.82, 2.24) is 15.0 Å². The maximum absolute atomic E-state index is 9.15. The fourth-order valence-electron chi connectivity index (χ4n) is 3.28. The Morgan fingerprint density at radius 1 is 1.12 bits per heavy atom. The van der Waals surface area contributed by atoms with Crippen LogP contribution in [0.4, 0.5) is 5.69 Å². The Kier molecular flexibility index (Phi) is 4.05. The van der Waals surface area contributed by atoms with Crippen LogP contribution in [-0.2, 0) is 4.74 Å². The summed E-state index contributed by atoms with van der Waals surface area (Å²) in [6.45, 7) is 4.13. The van der Waals surface area contributed by atoms with Crippen molar-refractivity contribution in [2.24, 2.45) is 0 Å². The monoisotopic (exact) mass is 325 g/mol. The minimum Gasteiger partial charge on any atom is -0.378 e. The average molecular weight is 325 g/mol. The Labute approximate surface area is 140 Å². The first-order chi connectivity index (χ1) is 11.8. The molecule has 1 unspecified atom stereocenters. The van der Waals surface area contributed by atoms with E-state index < -0.39 is 0 Å². The molecule has 2 fully saturated rings. The van der Waals surface area contributed by atoms with E-state index in [0.717, 1.165) is 51.3 Å². The lowest BCUT2D eigenvalue weighted by Gasteiger charge is -2.28. The molecule has 0 saturated carbocycles. The van der Waals surface area contributed by atoms with Gasteiger partial charge in [-0.3, -0.25) is 4.90 Å². The van der Waals surface area contributed by atoms with E-state index in [9.17, 15) is 0 Å². The Balaban J connectivity index is 1.51. The van der Waals surface area contributed by atoms with Gasteiger partial charge in [0, 0.05) is 30.9 Å². The standard InChI is InChI=1S/C17H19N5O2/c18-12-22-7-1-2-15(22)16-19-17(24-20-16)13-3-5-14(6-4-13)21-8-10-23-11-9-21/h3-6,15H,1-2,7-11H2. The fraction of sp³-hybridized carbons (Fsp3) is 0.471. The van der Waals surface area contributed by atoms with Crippen LogP contribution in [0.2, 0.25) is 0 Å². The first-order valence-electron chi connectivity index (χ1n) is 8.28. The van der Waals surface area contributed by atoms with Crippen molar-refractivity contribution >= 4 is 5.69 Å². The zero-order valence-electron chi connectivity index (χ0n) is 13.4. The Morgan fingerprint density at radius 2 is 1.92 bits per heavy atom. The van der Waals surface area contributed by atoms with Gasteiger partial charge in [-0.05, 0) is 37.1 Å². The average Bonchev–Trinajstić information content (AvgIpc) is 3.31. The fourth-order valence-corrected chi connectivity index (χ4v) is 3.28. The molecule has 0 N–H and O–H groups in total. The third-order valence-corrected chi connectivity index (χ3v) is 4.61. The Hall–Kier alpha value is -2.59. The van der Waals surface area contributed by atoms with Gasteiger partial charge >= 0.3 is 0 Å². The maximum atomic E-state index is 9.15. The lowest BCUT2D eigenvalue weighted by molar-refractivity contribution is 0.122. The molecule has 3 heterocycles. The zero-order chi connectivity index (χ0) is 16.4. The van der Waals surface area contributed by atoms with Gasteiger partial charge in [-0.1, -0.05) is 5.16 Å². The highest BCUT2D eigenvalue weighted by Crippen LogP contribution is 2.31. The van der Waals surface area contributed by atoms with Crippen molar-refractivity contribution in [3.63, 3.8) is 0 Å². The molecular weight excluding hydrogens is 306 g/mol. The van der Waals surface area contributed by atoms with Gasteiger partial charge in [0.25, 0.3) is 5.89 Å². The molecule has 1 aromatic heterocycles. The summed E-state index contributed by atoms with van der Waals surface area (Å²) in [4.78, 5) is 8.52. The Morgan fingerprint density at radius 3 is 2.67 bits per heavy atom. The van der Waals surface area contributed by atoms with Crippen LogP contribution in [0.25, 0.3) is 11.5 Å². The third kappa shape index (κ3) is 2.81. The highest BCUT2D eigenvalue weighted by molar-refractivity contribution is 5.59. The van der Waals surface area contributed by atoms with Gasteiger partial charge in [-0.15, -0.1) is 0 Å². The number of rotatable bonds is 3. The van der Waals surface area contributed by atoms with E-state index in [1.807, 2.05) is 12.1 Å². The molecule has 4 rings (SSSR count). The molecule has 0 aliphatic carbocycles. The van der Waals surface area contributed by atoms with Crippen LogP contribution in [0.15, 0.2) is 28.8 Å². The molecule has 2 aromatic rings. The number of nitrogens with zero attached hydrogens (tertiary/aromatic N) is 5. The van der Waals surface area contributed by atoms with Gasteiger partial charge in [0.05, 0.1) is 13.2 Å². The van der Waals surface area contributed by atoms with E-state index in [0.29, 0.717) is 11.7 Å². The number of hydrogen-bond acceptors (Lipinski definition) is 7. The smallest absolute Gasteiger partial charge is 0.258 e. The first kappa shape index (κ1) is 15.0. The van der Waals surface area contributed by atoms with Gasteiger partial charge in [-0.25, -0.2) is 0 Å². The van der Waals surface area contributed by atoms with Gasteiger partial charge in [0.15, 0.2) is 12.0 Å². The SMILES string of the molecule is N#CN1CCCC1c1noc(-c2ccc(N3CCOCC3)cc2)n1. The molecule has 0 radical (unpaired) electrons. The molecule has 0 spiro atoms. The van der Waals surface area contributed by atoms with E-state index >= 15 is 0 Å². The topological polar surface area (TPSA) is 78.4 Å². The molecular formula is C17H19N5O2. The minimum absolute atomic E-state index is 0.0554. The number of benzene rings is 1. The van der Waals surface area contributed by atoms with E-state index in [2.05, 4.69) is 33.4 Å². The zero-order valence-corrected chi connectivity index (χ0v) is 13.4. The van der Waals surface area contributed by atoms with Crippen molar-refractivity contribution in [2.45, 2.75) is 18.9 Å². The second kappa shape index (κ2) is 6.49. The van der Waals surface area contributed by atoms with Crippen molar-refractivity contribution in [3.8, 4) is 17.6 Å². The van der Waals surface area contributed by atoms with Crippen LogP contribution in [-0.4, -0.2) is 47.9 Å². The molecule has 7 heteroatoms. The molecule has 24 heavy (non-hydrogen) atoms. The predicted molar refractivity (Wildman–Crippen MR) is 87.1 cm³/mol. The van der Waals surface area contributed by atoms with Gasteiger partial charge in [-0.2, -0.15) is 10.2 Å². The van der Waals surface area contributed by atoms with E-state index in [1.165, 1.54) is 5.69 Å². The summed E-state index contributed by atoms with van der Waals surface area (Å²) in [5.41, 5.74) is 2.07. The number of morpholine rings is 1. The Bertz CT molecular complexity index is 730. The van der Waals surface area contributed by atoms with Crippen molar-refractivity contribution in [2.75, 3.05) is 37.7 Å². The van der Waals surface area contributed by atoms with Gasteiger partial charge in [0.1, 0.15) is 6.04 Å². The van der Waals surface area contributed by atoms with Crippen LogP contribution in [0.3, 0.4) is 0 Å². The number of nitriles is 1. The van der Waals surface area contributed by atoms with Gasteiger partial charge < -0.3 is 14.2 Å². The molecule has 1 aromatic carbocycles. The van der Waals surface area contributed by atoms with Crippen LogP contribution < -0.4 is 4.90 Å². The molecule has 0 amide bonds. The summed E-state index contributed by atoms with van der Waals surface area (Å²) < 4.78 is 10.8. The van der Waals surface area contributed by atoms with E-state index in [4.69, 9.17) is 14.5 Å². The second-order valence-electron chi connectivity index (χ2n) is 6.06. The summed E-state index contributed by atoms with van der Waals surface area (Å²) in [6, 6.07) is 8.08. The number of likely N-dealkylation sites (tertiary alicyclic amines) is 1. The lowest BCUT2D eigenvalue weighted by atomic mass is 10.2. The molecule has 1 atom stereocenters. The summed E-state index contributed by atoms with van der Waals surface area (Å²) >= 11 is 0. The summed E-state index contributed by atoms with van der Waals surface area (Å²) in [5.74, 6) is 1.10. The number of hydrogen-bond donors (Lipinski definition) is 0. The van der Waals surface area contributed by atoms with Crippen LogP contribution in [0, 0.1) is 11.5 Å². The lowest BCUT2D eigenvalue weighted by Crippen LogP contribution is -2.36. The van der Waals surface area contributed by atoms with Gasteiger partial charge in [0.2, 0.25) is 0 Å². The normalized spacial score (nSPS) is 21.0. The van der Waals surface area contributed by atoms with Crippen molar-refractivity contribution < 1.29 is 9.26 Å². The van der Waals surface area contributed by atoms with Crippen LogP contribution in [0.5, 0.6) is 0 Å². The summed E-state index contributed by atoms with van der Waals surface area (Å²) in [6.07, 6.45) is 4.08. The van der Waals surface area contributed by atoms with Crippen LogP contribution in [0.1, 0.15) is 24.7 Å². The molecule has 124 valence electrons. The second-order valence-corrected chi connectivity index (χ2v) is 6.06. The first-order valence-corrected chi connectivity index (χ1v) is 8.28. The third-order valence-electron chi connectivity index (χ3n) is 4.61. The van der Waals surface area contributed by atoms with Crippen LogP contribution >= 0.6 is 0 Å². The minimum atomic E-state index is -0.0554. The van der Waals surface area contributed by atoms with E-state index in [-0.39, 0.29) is 6.04 Å². The maximum Gasteiger partial charge on any atom is 0.258 e. The highest BCUT2D eigenvalue weighted by atomic mass is 16.5. The number of aromatic nitrogens is 2. The molecule has 2 aliphatic heterocycles. The molecule has 0 bridgehead atoms. The molecule has 2 saturated heterocycles. The van der Waals surface area contributed by atoms with Crippen molar-refractivity contribution in [3.05, 3.63) is 30.1 Å². The molecule has 7 nitrogen and oxygen atoms in total. The van der Waals surface area contributed by atoms with Crippen molar-refractivity contribution in [1.29, 1.82) is 5.26 Å². The number of anilines is 1. The quantitative estimate of drug-likeness (QED) is 0.800. The molecule has 2 aliphatic rings. The summed E-state index contributed by atoms with van der Waals surface area (Å²) in [7, 11) is 0. The number of ether oxygens (including phenoxy) is 1. The van der Waals surface area contributed by atoms with E-state index in [1.54, 1.807) is 4.90 Å². The summed E-state index contributed by atoms with van der Waals surface area (Å²) in [5, 5.41) is 13.2.